The summed E-state index contributed by atoms with van der Waals surface area (Å²) in [6.45, 7) is 0.105. The van der Waals surface area contributed by atoms with E-state index >= 15 is 0 Å². The Kier molecular flexibility index (Phi) is 6.63. The number of rotatable bonds is 7. The molecule has 2 N–H and O–H groups in total. The second kappa shape index (κ2) is 9.79. The first kappa shape index (κ1) is 23.0. The van der Waals surface area contributed by atoms with Crippen LogP contribution in [0.2, 0.25) is 0 Å². The van der Waals surface area contributed by atoms with Crippen molar-refractivity contribution in [3.63, 3.8) is 0 Å². The number of carboxylic acid groups (broad SMARTS) is 1. The number of alkyl carbamates (subject to hydrolysis) is 1. The highest BCUT2D eigenvalue weighted by Gasteiger charge is 2.29. The molecule has 0 bridgehead atoms. The Morgan fingerprint density at radius 2 is 1.47 bits per heavy atom. The monoisotopic (exact) mass is 458 g/mol. The van der Waals surface area contributed by atoms with Crippen LogP contribution in [0.3, 0.4) is 0 Å². The number of hydrogen-bond acceptors (Lipinski definition) is 4. The van der Waals surface area contributed by atoms with Crippen LogP contribution in [0.5, 0.6) is 0 Å². The number of benzene rings is 3. The molecule has 0 aromatic heterocycles. The molecule has 1 aliphatic carbocycles. The largest absolute Gasteiger partial charge is 0.480 e. The smallest absolute Gasteiger partial charge is 0.407 e. The van der Waals surface area contributed by atoms with E-state index in [-0.39, 0.29) is 24.9 Å². The average molecular weight is 459 g/mol. The SMILES string of the molecule is CN(C)C(=O)c1ccc(CC(NC(=O)OCC2c3ccccc3-c3ccccc32)C(=O)O)cc1. The Morgan fingerprint density at radius 3 is 2.00 bits per heavy atom. The minimum Gasteiger partial charge on any atom is -0.480 e. The van der Waals surface area contributed by atoms with Crippen molar-refractivity contribution in [1.29, 1.82) is 0 Å². The van der Waals surface area contributed by atoms with E-state index in [1.165, 1.54) is 4.90 Å². The summed E-state index contributed by atoms with van der Waals surface area (Å²) < 4.78 is 5.47. The third kappa shape index (κ3) is 4.78. The lowest BCUT2D eigenvalue weighted by atomic mass is 9.98. The Labute approximate surface area is 198 Å². The van der Waals surface area contributed by atoms with Gasteiger partial charge in [-0.3, -0.25) is 4.79 Å². The molecular formula is C27H26N2O5. The van der Waals surface area contributed by atoms with Crippen molar-refractivity contribution >= 4 is 18.0 Å². The van der Waals surface area contributed by atoms with Crippen molar-refractivity contribution in [2.75, 3.05) is 20.7 Å². The summed E-state index contributed by atoms with van der Waals surface area (Å²) in [6.07, 6.45) is -0.718. The summed E-state index contributed by atoms with van der Waals surface area (Å²) in [7, 11) is 3.32. The van der Waals surface area contributed by atoms with Gasteiger partial charge in [-0.1, -0.05) is 60.7 Å². The van der Waals surface area contributed by atoms with Crippen LogP contribution in [0.1, 0.15) is 33.0 Å². The van der Waals surface area contributed by atoms with E-state index in [0.29, 0.717) is 11.1 Å². The minimum absolute atomic E-state index is 0.0654. The number of carboxylic acids is 1. The number of amides is 2. The molecule has 1 unspecified atom stereocenters. The maximum absolute atomic E-state index is 12.5. The molecule has 34 heavy (non-hydrogen) atoms. The molecule has 0 saturated heterocycles. The van der Waals surface area contributed by atoms with Crippen LogP contribution in [0.4, 0.5) is 4.79 Å². The number of nitrogens with one attached hydrogen (secondary N) is 1. The molecule has 0 fully saturated rings. The van der Waals surface area contributed by atoms with Gasteiger partial charge in [0.1, 0.15) is 12.6 Å². The fraction of sp³-hybridized carbons (Fsp3) is 0.222. The van der Waals surface area contributed by atoms with Gasteiger partial charge in [-0.25, -0.2) is 9.59 Å². The summed E-state index contributed by atoms with van der Waals surface area (Å²) in [6, 6.07) is 21.5. The molecule has 1 aliphatic rings. The van der Waals surface area contributed by atoms with E-state index in [0.717, 1.165) is 22.3 Å². The number of fused-ring (bicyclic) bond motifs is 3. The van der Waals surface area contributed by atoms with Gasteiger partial charge >= 0.3 is 12.1 Å². The molecule has 3 aromatic rings. The molecule has 3 aromatic carbocycles. The molecule has 7 nitrogen and oxygen atoms in total. The second-order valence-electron chi connectivity index (χ2n) is 8.46. The van der Waals surface area contributed by atoms with Gasteiger partial charge in [0.2, 0.25) is 0 Å². The van der Waals surface area contributed by atoms with Crippen molar-refractivity contribution in [3.05, 3.63) is 95.1 Å². The summed E-state index contributed by atoms with van der Waals surface area (Å²) in [4.78, 5) is 37.8. The minimum atomic E-state index is -1.16. The average Bonchev–Trinajstić information content (AvgIpc) is 3.16. The lowest BCUT2D eigenvalue weighted by Crippen LogP contribution is -2.42. The van der Waals surface area contributed by atoms with Crippen molar-refractivity contribution in [3.8, 4) is 11.1 Å². The lowest BCUT2D eigenvalue weighted by Gasteiger charge is -2.18. The Hall–Kier alpha value is -4.13. The van der Waals surface area contributed by atoms with Crippen molar-refractivity contribution < 1.29 is 24.2 Å². The normalized spacial score (nSPS) is 12.9. The number of ether oxygens (including phenoxy) is 1. The van der Waals surface area contributed by atoms with Crippen LogP contribution in [0.25, 0.3) is 11.1 Å². The van der Waals surface area contributed by atoms with Crippen molar-refractivity contribution in [2.45, 2.75) is 18.4 Å². The fourth-order valence-corrected chi connectivity index (χ4v) is 4.26. The highest BCUT2D eigenvalue weighted by Crippen LogP contribution is 2.44. The number of hydrogen-bond donors (Lipinski definition) is 2. The molecule has 4 rings (SSSR count). The highest BCUT2D eigenvalue weighted by molar-refractivity contribution is 5.93. The van der Waals surface area contributed by atoms with Crippen molar-refractivity contribution in [1.82, 2.24) is 10.2 Å². The quantitative estimate of drug-likeness (QED) is 0.560. The van der Waals surface area contributed by atoms with E-state index in [2.05, 4.69) is 5.32 Å². The fourth-order valence-electron chi connectivity index (χ4n) is 4.26. The van der Waals surface area contributed by atoms with Gasteiger partial charge in [-0.2, -0.15) is 0 Å². The maximum atomic E-state index is 12.5. The van der Waals surface area contributed by atoms with Gasteiger partial charge in [0.25, 0.3) is 5.91 Å². The van der Waals surface area contributed by atoms with Gasteiger partial charge in [-0.05, 0) is 39.9 Å². The maximum Gasteiger partial charge on any atom is 0.407 e. The number of nitrogens with zero attached hydrogens (tertiary/aromatic N) is 1. The topological polar surface area (TPSA) is 95.9 Å². The molecule has 174 valence electrons. The third-order valence-electron chi connectivity index (χ3n) is 5.98. The van der Waals surface area contributed by atoms with Crippen LogP contribution in [0.15, 0.2) is 72.8 Å². The summed E-state index contributed by atoms with van der Waals surface area (Å²) >= 11 is 0. The summed E-state index contributed by atoms with van der Waals surface area (Å²) in [5, 5.41) is 12.1. The third-order valence-corrected chi connectivity index (χ3v) is 5.98. The molecule has 0 heterocycles. The Morgan fingerprint density at radius 1 is 0.912 bits per heavy atom. The van der Waals surface area contributed by atoms with E-state index in [9.17, 15) is 19.5 Å². The molecule has 7 heteroatoms. The molecule has 0 saturated carbocycles. The Bertz CT molecular complexity index is 1170. The van der Waals surface area contributed by atoms with E-state index in [4.69, 9.17) is 4.74 Å². The molecular weight excluding hydrogens is 432 g/mol. The van der Waals surface area contributed by atoms with Crippen LogP contribution < -0.4 is 5.32 Å². The predicted molar refractivity (Wildman–Crippen MR) is 128 cm³/mol. The second-order valence-corrected chi connectivity index (χ2v) is 8.46. The van der Waals surface area contributed by atoms with Crippen molar-refractivity contribution in [2.24, 2.45) is 0 Å². The summed E-state index contributed by atoms with van der Waals surface area (Å²) in [5.74, 6) is -1.41. The molecule has 1 atom stereocenters. The molecule has 0 aliphatic heterocycles. The standard InChI is InChI=1S/C27H26N2O5/c1-29(2)25(30)18-13-11-17(12-14-18)15-24(26(31)32)28-27(33)34-16-23-21-9-5-3-7-19(21)20-8-4-6-10-22(20)23/h3-14,23-24H,15-16H2,1-2H3,(H,28,33)(H,31,32). The molecule has 2 amide bonds. The van der Waals surface area contributed by atoms with E-state index in [1.54, 1.807) is 38.4 Å². The van der Waals surface area contributed by atoms with Gasteiger partial charge in [0, 0.05) is 32.0 Å². The number of aliphatic carboxylic acids is 1. The van der Waals surface area contributed by atoms with Gasteiger partial charge in [0.15, 0.2) is 0 Å². The molecule has 0 spiro atoms. The van der Waals surface area contributed by atoms with E-state index < -0.39 is 18.1 Å². The Balaban J connectivity index is 1.40. The van der Waals surface area contributed by atoms with Gasteiger partial charge in [-0.15, -0.1) is 0 Å². The summed E-state index contributed by atoms with van der Waals surface area (Å²) in [5.41, 5.74) is 5.59. The first-order valence-electron chi connectivity index (χ1n) is 11.0. The van der Waals surface area contributed by atoms with Gasteiger partial charge < -0.3 is 20.1 Å². The number of carbonyl (C=O) groups excluding carboxylic acids is 2. The first-order chi connectivity index (χ1) is 16.3. The molecule has 0 radical (unpaired) electrons. The number of carbonyl (C=O) groups is 3. The van der Waals surface area contributed by atoms with Crippen LogP contribution in [-0.2, 0) is 16.0 Å². The van der Waals surface area contributed by atoms with E-state index in [1.807, 2.05) is 48.5 Å². The first-order valence-corrected chi connectivity index (χ1v) is 11.0. The highest BCUT2D eigenvalue weighted by atomic mass is 16.5. The zero-order valence-corrected chi connectivity index (χ0v) is 19.0. The zero-order valence-electron chi connectivity index (χ0n) is 19.0. The lowest BCUT2D eigenvalue weighted by molar-refractivity contribution is -0.139. The predicted octanol–water partition coefficient (Wildman–Crippen LogP) is 3.92. The zero-order chi connectivity index (χ0) is 24.2. The van der Waals surface area contributed by atoms with Crippen LogP contribution >= 0.6 is 0 Å². The van der Waals surface area contributed by atoms with Crippen LogP contribution in [-0.4, -0.2) is 54.7 Å². The van der Waals surface area contributed by atoms with Gasteiger partial charge in [0.05, 0.1) is 0 Å². The van der Waals surface area contributed by atoms with Crippen LogP contribution in [0, 0.1) is 0 Å².